The number of rotatable bonds is 2. The van der Waals surface area contributed by atoms with Crippen molar-refractivity contribution in [1.82, 2.24) is 0 Å². The smallest absolute Gasteiger partial charge is 0.267 e. The molecule has 1 aliphatic rings. The van der Waals surface area contributed by atoms with Crippen molar-refractivity contribution in [2.45, 2.75) is 23.7 Å². The van der Waals surface area contributed by atoms with Gasteiger partial charge in [-0.15, -0.1) is 0 Å². The highest BCUT2D eigenvalue weighted by atomic mass is 32.2. The molecule has 0 unspecified atom stereocenters. The van der Waals surface area contributed by atoms with Gasteiger partial charge in [-0.2, -0.15) is 0 Å². The molecule has 0 spiro atoms. The zero-order valence-electron chi connectivity index (χ0n) is 11.5. The van der Waals surface area contributed by atoms with Crippen LogP contribution < -0.4 is 10.9 Å². The molecule has 5 nitrogen and oxygen atoms in total. The number of quaternary nitrogens is 1. The van der Waals surface area contributed by atoms with Gasteiger partial charge in [-0.1, -0.05) is 12.1 Å². The number of likely N-dealkylation sites (tertiary alicyclic amines) is 1. The Morgan fingerprint density at radius 3 is 2.15 bits per heavy atom. The van der Waals surface area contributed by atoms with E-state index in [2.05, 4.69) is 7.05 Å². The fourth-order valence-corrected chi connectivity index (χ4v) is 3.32. The third-order valence-corrected chi connectivity index (χ3v) is 5.52. The molecule has 20 heavy (non-hydrogen) atoms. The van der Waals surface area contributed by atoms with Gasteiger partial charge >= 0.3 is 0 Å². The van der Waals surface area contributed by atoms with Gasteiger partial charge in [0.05, 0.1) is 25.0 Å². The molecule has 0 aromatic heterocycles. The average molecular weight is 314 g/mol. The summed E-state index contributed by atoms with van der Waals surface area (Å²) in [6.07, 6.45) is 1.98. The topological polar surface area (TPSA) is 86.2 Å². The Labute approximate surface area is 125 Å². The third-order valence-electron chi connectivity index (χ3n) is 4.15. The number of piperidine rings is 1. The van der Waals surface area contributed by atoms with Crippen molar-refractivity contribution in [3.63, 3.8) is 0 Å². The Balaban J connectivity index is 2.10. The lowest BCUT2D eigenvalue weighted by Crippen LogP contribution is -2.56. The molecule has 7 heteroatoms. The largest absolute Gasteiger partial charge is 0.345 e. The van der Waals surface area contributed by atoms with Gasteiger partial charge in [0, 0.05) is 25.1 Å². The van der Waals surface area contributed by atoms with Crippen molar-refractivity contribution >= 4 is 27.4 Å². The van der Waals surface area contributed by atoms with E-state index in [0.29, 0.717) is 15.5 Å². The van der Waals surface area contributed by atoms with Crippen LogP contribution in [0.1, 0.15) is 24.3 Å². The first-order chi connectivity index (χ1) is 9.22. The van der Waals surface area contributed by atoms with Crippen LogP contribution in [0.5, 0.6) is 0 Å². The van der Waals surface area contributed by atoms with Gasteiger partial charge in [0.2, 0.25) is 10.0 Å². The van der Waals surface area contributed by atoms with Crippen LogP contribution in [-0.2, 0) is 10.0 Å². The Morgan fingerprint density at radius 1 is 1.25 bits per heavy atom. The number of hydrogen-bond donors (Lipinski definition) is 2. The molecule has 1 aliphatic heterocycles. The van der Waals surface area contributed by atoms with Crippen LogP contribution in [0.15, 0.2) is 29.2 Å². The standard InChI is InChI=1S/C13H19N3O2S2/c1-16(13(14)19)8-6-11(7-9-16)10-2-4-12(5-3-10)20(15,17)18/h2-5,11H,6-9H2,1H3,(H3-,14,15,17,18,19)/p+1. The second kappa shape index (κ2) is 5.40. The van der Waals surface area contributed by atoms with Crippen molar-refractivity contribution in [1.29, 1.82) is 0 Å². The zero-order valence-corrected chi connectivity index (χ0v) is 13.1. The molecule has 4 N–H and O–H groups in total. The molecular weight excluding hydrogens is 294 g/mol. The molecule has 2 rings (SSSR count). The molecule has 1 fully saturated rings. The maximum absolute atomic E-state index is 11.2. The van der Waals surface area contributed by atoms with Crippen LogP contribution in [0.25, 0.3) is 0 Å². The van der Waals surface area contributed by atoms with E-state index in [0.717, 1.165) is 31.5 Å². The molecule has 0 aliphatic carbocycles. The number of thiocarbonyl (C=S) groups is 1. The quantitative estimate of drug-likeness (QED) is 0.627. The number of sulfonamides is 1. The molecule has 110 valence electrons. The van der Waals surface area contributed by atoms with Crippen LogP contribution in [0.4, 0.5) is 0 Å². The van der Waals surface area contributed by atoms with E-state index >= 15 is 0 Å². The van der Waals surface area contributed by atoms with Crippen molar-refractivity contribution in [2.24, 2.45) is 10.9 Å². The van der Waals surface area contributed by atoms with Crippen LogP contribution in [0, 0.1) is 0 Å². The van der Waals surface area contributed by atoms with Gasteiger partial charge in [-0.05, 0) is 23.6 Å². The second-order valence-electron chi connectivity index (χ2n) is 5.57. The maximum atomic E-state index is 11.2. The fraction of sp³-hybridized carbons (Fsp3) is 0.462. The van der Waals surface area contributed by atoms with Crippen LogP contribution in [0.3, 0.4) is 0 Å². The molecule has 1 aromatic carbocycles. The first-order valence-corrected chi connectivity index (χ1v) is 8.45. The monoisotopic (exact) mass is 314 g/mol. The van der Waals surface area contributed by atoms with E-state index < -0.39 is 10.0 Å². The van der Waals surface area contributed by atoms with Crippen molar-refractivity contribution in [2.75, 3.05) is 20.1 Å². The Bertz CT molecular complexity index is 603. The molecule has 0 saturated carbocycles. The minimum atomic E-state index is -3.62. The van der Waals surface area contributed by atoms with Crippen molar-refractivity contribution < 1.29 is 12.9 Å². The van der Waals surface area contributed by atoms with E-state index in [1.54, 1.807) is 12.1 Å². The summed E-state index contributed by atoms with van der Waals surface area (Å²) in [6.45, 7) is 1.83. The number of benzene rings is 1. The number of nitrogens with two attached hydrogens (primary N) is 2. The van der Waals surface area contributed by atoms with Gasteiger partial charge in [0.25, 0.3) is 5.11 Å². The number of nitrogens with zero attached hydrogens (tertiary/aromatic N) is 1. The molecule has 0 bridgehead atoms. The van der Waals surface area contributed by atoms with E-state index in [1.165, 1.54) is 0 Å². The van der Waals surface area contributed by atoms with Crippen LogP contribution >= 0.6 is 12.2 Å². The summed E-state index contributed by atoms with van der Waals surface area (Å²) in [5.74, 6) is 0.421. The second-order valence-corrected chi connectivity index (χ2v) is 7.55. The highest BCUT2D eigenvalue weighted by Crippen LogP contribution is 2.31. The van der Waals surface area contributed by atoms with Gasteiger partial charge in [0.15, 0.2) is 0 Å². The SMILES string of the molecule is C[N+]1(C(N)=S)CCC(c2ccc(S(N)(=O)=O)cc2)CC1. The molecule has 1 heterocycles. The fourth-order valence-electron chi connectivity index (χ4n) is 2.62. The van der Waals surface area contributed by atoms with Gasteiger partial charge < -0.3 is 5.73 Å². The van der Waals surface area contributed by atoms with Crippen LogP contribution in [0.2, 0.25) is 0 Å². The predicted molar refractivity (Wildman–Crippen MR) is 82.5 cm³/mol. The molecule has 1 aromatic rings. The minimum absolute atomic E-state index is 0.154. The summed E-state index contributed by atoms with van der Waals surface area (Å²) >= 11 is 5.11. The third kappa shape index (κ3) is 3.17. The first-order valence-electron chi connectivity index (χ1n) is 6.50. The molecular formula is C13H20N3O2S2+. The average Bonchev–Trinajstić information content (AvgIpc) is 2.38. The lowest BCUT2D eigenvalue weighted by atomic mass is 9.89. The highest BCUT2D eigenvalue weighted by Gasteiger charge is 2.33. The summed E-state index contributed by atoms with van der Waals surface area (Å²) in [4.78, 5) is 0.154. The lowest BCUT2D eigenvalue weighted by Gasteiger charge is -2.38. The van der Waals surface area contributed by atoms with Gasteiger partial charge in [-0.3, -0.25) is 4.48 Å². The summed E-state index contributed by atoms with van der Waals surface area (Å²) in [5, 5.41) is 5.63. The van der Waals surface area contributed by atoms with E-state index in [1.807, 2.05) is 12.1 Å². The lowest BCUT2D eigenvalue weighted by molar-refractivity contribution is -0.825. The highest BCUT2D eigenvalue weighted by molar-refractivity contribution is 7.89. The molecule has 0 amide bonds. The number of primary sulfonamides is 1. The number of hydrogen-bond acceptors (Lipinski definition) is 3. The summed E-state index contributed by atoms with van der Waals surface area (Å²) in [5.41, 5.74) is 6.92. The Kier molecular flexibility index (Phi) is 4.15. The predicted octanol–water partition coefficient (Wildman–Crippen LogP) is 0.902. The summed E-state index contributed by atoms with van der Waals surface area (Å²) < 4.78 is 23.1. The molecule has 1 saturated heterocycles. The van der Waals surface area contributed by atoms with Gasteiger partial charge in [-0.25, -0.2) is 13.6 Å². The molecule has 0 atom stereocenters. The Morgan fingerprint density at radius 2 is 1.75 bits per heavy atom. The molecule has 0 radical (unpaired) electrons. The van der Waals surface area contributed by atoms with Gasteiger partial charge in [0.1, 0.15) is 0 Å². The van der Waals surface area contributed by atoms with Crippen molar-refractivity contribution in [3.05, 3.63) is 29.8 Å². The summed E-state index contributed by atoms with van der Waals surface area (Å²) in [6, 6.07) is 6.84. The van der Waals surface area contributed by atoms with Crippen molar-refractivity contribution in [3.8, 4) is 0 Å². The minimum Gasteiger partial charge on any atom is -0.345 e. The summed E-state index contributed by atoms with van der Waals surface area (Å²) in [7, 11) is -1.56. The van der Waals surface area contributed by atoms with Crippen LogP contribution in [-0.4, -0.2) is 38.2 Å². The first kappa shape index (κ1) is 15.4. The van der Waals surface area contributed by atoms with E-state index in [9.17, 15) is 8.42 Å². The van der Waals surface area contributed by atoms with E-state index in [4.69, 9.17) is 23.1 Å². The Hall–Kier alpha value is -1.02. The zero-order chi connectivity index (χ0) is 15.0. The normalized spacial score (nSPS) is 27.2. The maximum Gasteiger partial charge on any atom is 0.267 e. The van der Waals surface area contributed by atoms with E-state index in [-0.39, 0.29) is 4.90 Å².